The van der Waals surface area contributed by atoms with Crippen molar-refractivity contribution >= 4 is 15.9 Å². The van der Waals surface area contributed by atoms with Crippen LogP contribution >= 0.6 is 0 Å². The molecule has 2 saturated heterocycles. The highest BCUT2D eigenvalue weighted by molar-refractivity contribution is 7.89. The van der Waals surface area contributed by atoms with Crippen molar-refractivity contribution in [3.05, 3.63) is 0 Å². The molecule has 2 fully saturated rings. The van der Waals surface area contributed by atoms with Crippen LogP contribution in [0, 0.1) is 0 Å². The van der Waals surface area contributed by atoms with Crippen LogP contribution in [0.15, 0.2) is 0 Å². The largest absolute Gasteiger partial charge is 0.355 e. The van der Waals surface area contributed by atoms with Gasteiger partial charge in [-0.15, -0.1) is 0 Å². The Balaban J connectivity index is 1.94. The first-order chi connectivity index (χ1) is 8.58. The summed E-state index contributed by atoms with van der Waals surface area (Å²) < 4.78 is 26.0. The SMILES string of the molecule is O=C1CCN(S(=O)(=O)CC2CCCCN2)CCN1. The fourth-order valence-corrected chi connectivity index (χ4v) is 4.19. The second-order valence-electron chi connectivity index (χ2n) is 4.92. The molecular weight excluding hydrogens is 254 g/mol. The van der Waals surface area contributed by atoms with Crippen LogP contribution in [0.1, 0.15) is 25.7 Å². The van der Waals surface area contributed by atoms with Crippen LogP contribution in [0.2, 0.25) is 0 Å². The maximum atomic E-state index is 12.3. The Morgan fingerprint density at radius 1 is 1.22 bits per heavy atom. The van der Waals surface area contributed by atoms with Gasteiger partial charge in [-0.1, -0.05) is 6.42 Å². The number of rotatable bonds is 3. The van der Waals surface area contributed by atoms with Gasteiger partial charge in [-0.2, -0.15) is 4.31 Å². The van der Waals surface area contributed by atoms with Crippen molar-refractivity contribution < 1.29 is 13.2 Å². The monoisotopic (exact) mass is 275 g/mol. The van der Waals surface area contributed by atoms with Crippen molar-refractivity contribution in [2.75, 3.05) is 31.9 Å². The molecule has 7 heteroatoms. The second-order valence-corrected chi connectivity index (χ2v) is 6.94. The average molecular weight is 275 g/mol. The van der Waals surface area contributed by atoms with Gasteiger partial charge in [0.05, 0.1) is 5.75 Å². The molecule has 2 N–H and O–H groups in total. The molecule has 0 bridgehead atoms. The Kier molecular flexibility index (Phi) is 4.58. The van der Waals surface area contributed by atoms with E-state index in [1.165, 1.54) is 4.31 Å². The zero-order chi connectivity index (χ0) is 13.0. The average Bonchev–Trinajstić information content (AvgIpc) is 2.55. The Morgan fingerprint density at radius 3 is 2.78 bits per heavy atom. The number of hydrogen-bond donors (Lipinski definition) is 2. The number of carbonyl (C=O) groups excluding carboxylic acids is 1. The zero-order valence-electron chi connectivity index (χ0n) is 10.5. The van der Waals surface area contributed by atoms with E-state index in [1.807, 2.05) is 0 Å². The minimum atomic E-state index is -3.25. The van der Waals surface area contributed by atoms with E-state index in [9.17, 15) is 13.2 Å². The van der Waals surface area contributed by atoms with Gasteiger partial charge in [0.25, 0.3) is 0 Å². The topological polar surface area (TPSA) is 78.5 Å². The number of piperidine rings is 1. The van der Waals surface area contributed by atoms with E-state index < -0.39 is 10.0 Å². The van der Waals surface area contributed by atoms with E-state index in [1.54, 1.807) is 0 Å². The standard InChI is InChI=1S/C11H21N3O3S/c15-11-4-7-14(8-6-13-11)18(16,17)9-10-3-1-2-5-12-10/h10,12H,1-9H2,(H,13,15). The number of carbonyl (C=O) groups is 1. The van der Waals surface area contributed by atoms with Crippen LogP contribution in [0.3, 0.4) is 0 Å². The molecule has 0 aromatic carbocycles. The van der Waals surface area contributed by atoms with Gasteiger partial charge in [-0.05, 0) is 19.4 Å². The number of hydrogen-bond acceptors (Lipinski definition) is 4. The Bertz CT molecular complexity index is 390. The van der Waals surface area contributed by atoms with Crippen molar-refractivity contribution in [3.63, 3.8) is 0 Å². The third-order valence-corrected chi connectivity index (χ3v) is 5.46. The van der Waals surface area contributed by atoms with Crippen LogP contribution in [0.4, 0.5) is 0 Å². The first-order valence-corrected chi connectivity index (χ1v) is 8.17. The molecule has 0 radical (unpaired) electrons. The molecule has 2 rings (SSSR count). The summed E-state index contributed by atoms with van der Waals surface area (Å²) >= 11 is 0. The predicted molar refractivity (Wildman–Crippen MR) is 68.6 cm³/mol. The van der Waals surface area contributed by atoms with E-state index in [4.69, 9.17) is 0 Å². The van der Waals surface area contributed by atoms with Crippen LogP contribution in [0.25, 0.3) is 0 Å². The first kappa shape index (κ1) is 13.8. The molecule has 0 saturated carbocycles. The number of nitrogens with zero attached hydrogens (tertiary/aromatic N) is 1. The molecule has 1 atom stereocenters. The number of nitrogens with one attached hydrogen (secondary N) is 2. The smallest absolute Gasteiger partial charge is 0.221 e. The summed E-state index contributed by atoms with van der Waals surface area (Å²) in [5.41, 5.74) is 0. The number of sulfonamides is 1. The first-order valence-electron chi connectivity index (χ1n) is 6.56. The molecule has 6 nitrogen and oxygen atoms in total. The summed E-state index contributed by atoms with van der Waals surface area (Å²) in [6.45, 7) is 2.01. The van der Waals surface area contributed by atoms with Gasteiger partial charge in [-0.25, -0.2) is 8.42 Å². The second kappa shape index (κ2) is 5.99. The normalized spacial score (nSPS) is 27.6. The molecule has 18 heavy (non-hydrogen) atoms. The maximum absolute atomic E-state index is 12.3. The minimum absolute atomic E-state index is 0.0654. The van der Waals surface area contributed by atoms with Gasteiger partial charge in [-0.3, -0.25) is 4.79 Å². The molecule has 0 aromatic heterocycles. The molecule has 1 amide bonds. The van der Waals surface area contributed by atoms with E-state index in [2.05, 4.69) is 10.6 Å². The van der Waals surface area contributed by atoms with Crippen LogP contribution < -0.4 is 10.6 Å². The van der Waals surface area contributed by atoms with Crippen molar-refractivity contribution in [2.24, 2.45) is 0 Å². The van der Waals surface area contributed by atoms with E-state index in [0.717, 1.165) is 25.8 Å². The quantitative estimate of drug-likeness (QED) is 0.712. The van der Waals surface area contributed by atoms with Gasteiger partial charge in [0.1, 0.15) is 0 Å². The molecular formula is C11H21N3O3S. The van der Waals surface area contributed by atoms with Crippen molar-refractivity contribution in [1.29, 1.82) is 0 Å². The molecule has 104 valence electrons. The lowest BCUT2D eigenvalue weighted by Crippen LogP contribution is -2.45. The Morgan fingerprint density at radius 2 is 2.06 bits per heavy atom. The lowest BCUT2D eigenvalue weighted by atomic mass is 10.1. The zero-order valence-corrected chi connectivity index (χ0v) is 11.3. The summed E-state index contributed by atoms with van der Waals surface area (Å²) in [5.74, 6) is 0.0877. The summed E-state index contributed by atoms with van der Waals surface area (Å²) in [6.07, 6.45) is 3.40. The van der Waals surface area contributed by atoms with Gasteiger partial charge >= 0.3 is 0 Å². The van der Waals surface area contributed by atoms with Crippen LogP contribution in [0.5, 0.6) is 0 Å². The predicted octanol–water partition coefficient (Wildman–Crippen LogP) is -0.720. The van der Waals surface area contributed by atoms with Crippen LogP contribution in [-0.2, 0) is 14.8 Å². The fraction of sp³-hybridized carbons (Fsp3) is 0.909. The molecule has 2 aliphatic rings. The van der Waals surface area contributed by atoms with Crippen molar-refractivity contribution in [2.45, 2.75) is 31.7 Å². The van der Waals surface area contributed by atoms with E-state index in [0.29, 0.717) is 19.6 Å². The molecule has 0 aliphatic carbocycles. The summed E-state index contributed by atoms with van der Waals surface area (Å²) in [4.78, 5) is 11.2. The highest BCUT2D eigenvalue weighted by Crippen LogP contribution is 2.12. The summed E-state index contributed by atoms with van der Waals surface area (Å²) in [7, 11) is -3.25. The van der Waals surface area contributed by atoms with Crippen molar-refractivity contribution in [1.82, 2.24) is 14.9 Å². The third-order valence-electron chi connectivity index (χ3n) is 3.49. The molecule has 2 heterocycles. The lowest BCUT2D eigenvalue weighted by molar-refractivity contribution is -0.120. The lowest BCUT2D eigenvalue weighted by Gasteiger charge is -2.26. The maximum Gasteiger partial charge on any atom is 0.221 e. The van der Waals surface area contributed by atoms with Gasteiger partial charge < -0.3 is 10.6 Å². The van der Waals surface area contributed by atoms with Gasteiger partial charge in [0.2, 0.25) is 15.9 Å². The molecule has 2 aliphatic heterocycles. The Labute approximate surface area is 108 Å². The Hall–Kier alpha value is -0.660. The number of amides is 1. The minimum Gasteiger partial charge on any atom is -0.355 e. The summed E-state index contributed by atoms with van der Waals surface area (Å²) in [5, 5.41) is 5.94. The van der Waals surface area contributed by atoms with E-state index in [-0.39, 0.29) is 24.1 Å². The molecule has 0 spiro atoms. The summed E-state index contributed by atoms with van der Waals surface area (Å²) in [6, 6.07) is 0.0654. The van der Waals surface area contributed by atoms with Gasteiger partial charge in [0.15, 0.2) is 0 Å². The van der Waals surface area contributed by atoms with Crippen LogP contribution in [-0.4, -0.2) is 56.6 Å². The third kappa shape index (κ3) is 3.66. The van der Waals surface area contributed by atoms with Gasteiger partial charge in [0, 0.05) is 32.1 Å². The fourth-order valence-electron chi connectivity index (χ4n) is 2.45. The molecule has 0 aromatic rings. The van der Waals surface area contributed by atoms with Crippen molar-refractivity contribution in [3.8, 4) is 0 Å². The van der Waals surface area contributed by atoms with E-state index >= 15 is 0 Å². The highest BCUT2D eigenvalue weighted by Gasteiger charge is 2.28. The molecule has 1 unspecified atom stereocenters. The highest BCUT2D eigenvalue weighted by atomic mass is 32.2.